The molecular weight excluding hydrogens is 390 g/mol. The molecule has 158 valence electrons. The van der Waals surface area contributed by atoms with Crippen LogP contribution in [0.15, 0.2) is 12.1 Å². The maximum absolute atomic E-state index is 12.8. The van der Waals surface area contributed by atoms with E-state index in [4.69, 9.17) is 4.74 Å². The van der Waals surface area contributed by atoms with Crippen LogP contribution in [0.5, 0.6) is 0 Å². The fourth-order valence-electron chi connectivity index (χ4n) is 2.95. The smallest absolute Gasteiger partial charge is 0.341 e. The summed E-state index contributed by atoms with van der Waals surface area (Å²) >= 11 is 1.52. The first-order valence-electron chi connectivity index (χ1n) is 9.66. The molecule has 8 heteroatoms. The van der Waals surface area contributed by atoms with Crippen LogP contribution in [0.3, 0.4) is 0 Å². The number of rotatable bonds is 8. The third kappa shape index (κ3) is 5.26. The van der Waals surface area contributed by atoms with Crippen LogP contribution < -0.4 is 10.6 Å². The summed E-state index contributed by atoms with van der Waals surface area (Å²) in [4.78, 5) is 37.8. The number of ether oxygens (including phenoxy) is 1. The molecule has 2 aromatic heterocycles. The highest BCUT2D eigenvalue weighted by Crippen LogP contribution is 2.33. The Morgan fingerprint density at radius 3 is 2.34 bits per heavy atom. The van der Waals surface area contributed by atoms with Crippen molar-refractivity contribution in [2.75, 3.05) is 13.2 Å². The van der Waals surface area contributed by atoms with E-state index in [0.29, 0.717) is 12.1 Å². The van der Waals surface area contributed by atoms with E-state index in [2.05, 4.69) is 10.6 Å². The van der Waals surface area contributed by atoms with Crippen molar-refractivity contribution in [2.45, 2.75) is 54.0 Å². The van der Waals surface area contributed by atoms with E-state index in [-0.39, 0.29) is 5.91 Å². The highest BCUT2D eigenvalue weighted by atomic mass is 32.1. The summed E-state index contributed by atoms with van der Waals surface area (Å²) in [5.41, 5.74) is 3.34. The molecule has 2 rings (SSSR count). The van der Waals surface area contributed by atoms with E-state index in [9.17, 15) is 14.4 Å². The quantitative estimate of drug-likeness (QED) is 0.644. The molecule has 0 saturated carbocycles. The van der Waals surface area contributed by atoms with Gasteiger partial charge < -0.3 is 19.9 Å². The SMILES string of the molecule is CCCNC(=O)[C@H](C)NC(=O)COC(=O)c1c(-n2c(C)ccc2C)sc(C)c1C. The predicted molar refractivity (Wildman–Crippen MR) is 114 cm³/mol. The Morgan fingerprint density at radius 2 is 1.76 bits per heavy atom. The van der Waals surface area contributed by atoms with Crippen molar-refractivity contribution in [1.82, 2.24) is 15.2 Å². The molecule has 1 atom stereocenters. The Hall–Kier alpha value is -2.61. The number of aromatic nitrogens is 1. The second-order valence-electron chi connectivity index (χ2n) is 7.07. The van der Waals surface area contributed by atoms with Crippen molar-refractivity contribution < 1.29 is 19.1 Å². The van der Waals surface area contributed by atoms with Crippen molar-refractivity contribution in [2.24, 2.45) is 0 Å². The zero-order valence-electron chi connectivity index (χ0n) is 17.8. The van der Waals surface area contributed by atoms with Crippen LogP contribution in [0.2, 0.25) is 0 Å². The molecule has 0 fully saturated rings. The normalized spacial score (nSPS) is 11.8. The summed E-state index contributed by atoms with van der Waals surface area (Å²) in [5.74, 6) is -1.33. The Kier molecular flexibility index (Phi) is 7.61. The third-order valence-electron chi connectivity index (χ3n) is 4.70. The number of hydrogen-bond donors (Lipinski definition) is 2. The Balaban J connectivity index is 2.08. The maximum Gasteiger partial charge on any atom is 0.341 e. The summed E-state index contributed by atoms with van der Waals surface area (Å²) in [5, 5.41) is 6.04. The van der Waals surface area contributed by atoms with Gasteiger partial charge in [-0.25, -0.2) is 4.79 Å². The van der Waals surface area contributed by atoms with E-state index in [1.165, 1.54) is 11.3 Å². The first kappa shape index (κ1) is 22.7. The lowest BCUT2D eigenvalue weighted by Gasteiger charge is -2.14. The minimum atomic E-state index is -0.696. The average molecular weight is 420 g/mol. The lowest BCUT2D eigenvalue weighted by Crippen LogP contribution is -2.46. The molecule has 2 heterocycles. The fourth-order valence-corrected chi connectivity index (χ4v) is 4.21. The number of carbonyl (C=O) groups is 3. The number of carbonyl (C=O) groups excluding carboxylic acids is 3. The van der Waals surface area contributed by atoms with Crippen molar-refractivity contribution in [3.63, 3.8) is 0 Å². The van der Waals surface area contributed by atoms with E-state index >= 15 is 0 Å². The largest absolute Gasteiger partial charge is 0.452 e. The predicted octanol–water partition coefficient (Wildman–Crippen LogP) is 2.96. The van der Waals surface area contributed by atoms with E-state index < -0.39 is 24.5 Å². The minimum absolute atomic E-state index is 0.267. The molecule has 29 heavy (non-hydrogen) atoms. The molecule has 2 amide bonds. The first-order valence-corrected chi connectivity index (χ1v) is 10.5. The number of amides is 2. The van der Waals surface area contributed by atoms with Crippen molar-refractivity contribution >= 4 is 29.1 Å². The molecule has 0 aliphatic rings. The van der Waals surface area contributed by atoms with Crippen LogP contribution in [0.1, 0.15) is 52.5 Å². The summed E-state index contributed by atoms with van der Waals surface area (Å²) in [6.45, 7) is 11.4. The molecule has 0 aliphatic carbocycles. The number of thiophene rings is 1. The van der Waals surface area contributed by atoms with Crippen molar-refractivity contribution in [3.8, 4) is 5.00 Å². The molecule has 7 nitrogen and oxygen atoms in total. The lowest BCUT2D eigenvalue weighted by molar-refractivity contribution is -0.130. The van der Waals surface area contributed by atoms with E-state index in [1.54, 1.807) is 6.92 Å². The van der Waals surface area contributed by atoms with Gasteiger partial charge in [-0.2, -0.15) is 0 Å². The second kappa shape index (κ2) is 9.73. The van der Waals surface area contributed by atoms with Crippen LogP contribution in [-0.4, -0.2) is 41.5 Å². The van der Waals surface area contributed by atoms with Crippen LogP contribution in [0.4, 0.5) is 0 Å². The van der Waals surface area contributed by atoms with Gasteiger partial charge in [0.1, 0.15) is 11.0 Å². The molecule has 0 saturated heterocycles. The number of nitrogens with one attached hydrogen (secondary N) is 2. The molecule has 0 aromatic carbocycles. The minimum Gasteiger partial charge on any atom is -0.452 e. The van der Waals surface area contributed by atoms with E-state index in [0.717, 1.165) is 33.3 Å². The van der Waals surface area contributed by atoms with Gasteiger partial charge in [-0.3, -0.25) is 9.59 Å². The first-order chi connectivity index (χ1) is 13.7. The molecule has 0 aliphatic heterocycles. The van der Waals surface area contributed by atoms with Crippen molar-refractivity contribution in [1.29, 1.82) is 0 Å². The topological polar surface area (TPSA) is 89.4 Å². The van der Waals surface area contributed by atoms with Gasteiger partial charge in [0.25, 0.3) is 5.91 Å². The van der Waals surface area contributed by atoms with Crippen LogP contribution in [0.25, 0.3) is 5.00 Å². The molecule has 0 unspecified atom stereocenters. The number of nitrogens with zero attached hydrogens (tertiary/aromatic N) is 1. The Labute approximate surface area is 175 Å². The highest BCUT2D eigenvalue weighted by molar-refractivity contribution is 7.15. The number of hydrogen-bond acceptors (Lipinski definition) is 5. The van der Waals surface area contributed by atoms with Gasteiger partial charge in [0.2, 0.25) is 5.91 Å². The Morgan fingerprint density at radius 1 is 1.14 bits per heavy atom. The molecule has 0 spiro atoms. The van der Waals surface area contributed by atoms with E-state index in [1.807, 2.05) is 51.3 Å². The molecule has 2 N–H and O–H groups in total. The van der Waals surface area contributed by atoms with Gasteiger partial charge in [0.15, 0.2) is 6.61 Å². The molecular formula is C21H29N3O4S. The number of aryl methyl sites for hydroxylation is 3. The van der Waals surface area contributed by atoms with Gasteiger partial charge in [0, 0.05) is 22.8 Å². The van der Waals surface area contributed by atoms with Gasteiger partial charge >= 0.3 is 5.97 Å². The van der Waals surface area contributed by atoms with Gasteiger partial charge in [-0.1, -0.05) is 6.92 Å². The van der Waals surface area contributed by atoms with Crippen molar-refractivity contribution in [3.05, 3.63) is 39.5 Å². The molecule has 0 radical (unpaired) electrons. The fraction of sp³-hybridized carbons (Fsp3) is 0.476. The Bertz CT molecular complexity index is 894. The highest BCUT2D eigenvalue weighted by Gasteiger charge is 2.24. The number of esters is 1. The lowest BCUT2D eigenvalue weighted by atomic mass is 10.1. The molecule has 2 aromatic rings. The maximum atomic E-state index is 12.8. The zero-order chi connectivity index (χ0) is 21.7. The van der Waals surface area contributed by atoms with Gasteiger partial charge in [-0.05, 0) is 58.7 Å². The summed E-state index contributed by atoms with van der Waals surface area (Å²) in [6.07, 6.45) is 0.812. The van der Waals surface area contributed by atoms with Crippen LogP contribution >= 0.6 is 11.3 Å². The zero-order valence-corrected chi connectivity index (χ0v) is 18.7. The summed E-state index contributed by atoms with van der Waals surface area (Å²) in [7, 11) is 0. The summed E-state index contributed by atoms with van der Waals surface area (Å²) < 4.78 is 7.29. The van der Waals surface area contributed by atoms with Crippen LogP contribution in [-0.2, 0) is 14.3 Å². The average Bonchev–Trinajstić information content (AvgIpc) is 3.15. The molecule has 0 bridgehead atoms. The monoisotopic (exact) mass is 419 g/mol. The van der Waals surface area contributed by atoms with Gasteiger partial charge in [-0.15, -0.1) is 11.3 Å². The van der Waals surface area contributed by atoms with Crippen LogP contribution in [0, 0.1) is 27.7 Å². The van der Waals surface area contributed by atoms with Gasteiger partial charge in [0.05, 0.1) is 5.56 Å². The second-order valence-corrected chi connectivity index (χ2v) is 8.27. The standard InChI is InChI=1S/C21H29N3O4S/c1-7-10-22-19(26)15(5)23-17(25)11-28-21(27)18-14(4)16(6)29-20(18)24-12(2)8-9-13(24)3/h8-9,15H,7,10-11H2,1-6H3,(H,22,26)(H,23,25)/t15-/m0/s1. The third-order valence-corrected chi connectivity index (χ3v) is 5.89. The summed E-state index contributed by atoms with van der Waals surface area (Å²) in [6, 6.07) is 3.29.